The third-order valence-electron chi connectivity index (χ3n) is 3.83. The maximum atomic E-state index is 12.4. The second kappa shape index (κ2) is 7.17. The summed E-state index contributed by atoms with van der Waals surface area (Å²) in [5, 5.41) is 18.9. The number of rotatable bonds is 6. The van der Waals surface area contributed by atoms with Crippen molar-refractivity contribution in [1.29, 1.82) is 0 Å². The Morgan fingerprint density at radius 2 is 2.14 bits per heavy atom. The maximum Gasteiger partial charge on any atom is 0.333 e. The van der Waals surface area contributed by atoms with Gasteiger partial charge >= 0.3 is 5.69 Å². The number of aliphatic hydroxyl groups excluding tert-OH is 2. The molecule has 1 saturated heterocycles. The molecule has 0 radical (unpaired) electrons. The van der Waals surface area contributed by atoms with E-state index in [9.17, 15) is 19.1 Å². The third kappa shape index (κ3) is 3.29. The van der Waals surface area contributed by atoms with E-state index in [1.165, 1.54) is 10.8 Å². The van der Waals surface area contributed by atoms with Gasteiger partial charge in [-0.25, -0.2) is 4.79 Å². The molecule has 124 valence electrons. The lowest BCUT2D eigenvalue weighted by Gasteiger charge is -2.17. The quantitative estimate of drug-likeness (QED) is 0.703. The fraction of sp³-hybridized carbons (Fsp3) is 0.714. The molecule has 1 aromatic rings. The zero-order valence-electron chi connectivity index (χ0n) is 12.4. The minimum Gasteiger partial charge on any atom is -0.394 e. The Labute approximate surface area is 126 Å². The van der Waals surface area contributed by atoms with Gasteiger partial charge in [-0.3, -0.25) is 18.3 Å². The number of halogens is 1. The molecule has 1 aromatic heterocycles. The average molecular weight is 316 g/mol. The topological polar surface area (TPSA) is 93.7 Å². The van der Waals surface area contributed by atoms with Crippen molar-refractivity contribution in [1.82, 2.24) is 9.13 Å². The van der Waals surface area contributed by atoms with E-state index in [4.69, 9.17) is 9.84 Å². The van der Waals surface area contributed by atoms with Crippen LogP contribution in [0.1, 0.15) is 31.1 Å². The van der Waals surface area contributed by atoms with Crippen LogP contribution >= 0.6 is 0 Å². The summed E-state index contributed by atoms with van der Waals surface area (Å²) in [6.45, 7) is 0.882. The highest BCUT2D eigenvalue weighted by Crippen LogP contribution is 2.27. The number of hydrogen-bond donors (Lipinski definition) is 2. The van der Waals surface area contributed by atoms with E-state index in [0.29, 0.717) is 12.0 Å². The minimum absolute atomic E-state index is 0.141. The number of alkyl halides is 1. The van der Waals surface area contributed by atoms with Gasteiger partial charge in [-0.05, 0) is 19.8 Å². The summed E-state index contributed by atoms with van der Waals surface area (Å²) in [4.78, 5) is 24.5. The van der Waals surface area contributed by atoms with Crippen molar-refractivity contribution in [3.63, 3.8) is 0 Å². The first-order chi connectivity index (χ1) is 10.5. The van der Waals surface area contributed by atoms with E-state index < -0.39 is 36.4 Å². The predicted octanol–water partition coefficient (Wildman–Crippen LogP) is -0.291. The molecule has 22 heavy (non-hydrogen) atoms. The monoisotopic (exact) mass is 316 g/mol. The van der Waals surface area contributed by atoms with Crippen molar-refractivity contribution in [2.45, 2.75) is 51.2 Å². The van der Waals surface area contributed by atoms with E-state index in [2.05, 4.69) is 0 Å². The zero-order valence-corrected chi connectivity index (χ0v) is 12.4. The molecule has 3 unspecified atom stereocenters. The maximum absolute atomic E-state index is 12.4. The van der Waals surface area contributed by atoms with Gasteiger partial charge in [-0.2, -0.15) is 0 Å². The molecule has 2 N–H and O–H groups in total. The minimum atomic E-state index is -0.867. The molecule has 0 spiro atoms. The van der Waals surface area contributed by atoms with Gasteiger partial charge in [0.15, 0.2) is 0 Å². The number of ether oxygens (including phenoxy) is 1. The molecule has 0 bridgehead atoms. The van der Waals surface area contributed by atoms with Gasteiger partial charge in [0.1, 0.15) is 12.3 Å². The van der Waals surface area contributed by atoms with Crippen molar-refractivity contribution in [3.8, 4) is 0 Å². The van der Waals surface area contributed by atoms with E-state index in [0.717, 1.165) is 4.57 Å². The van der Waals surface area contributed by atoms with Crippen LogP contribution in [-0.2, 0) is 11.3 Å². The smallest absolute Gasteiger partial charge is 0.333 e. The van der Waals surface area contributed by atoms with Gasteiger partial charge < -0.3 is 14.9 Å². The lowest BCUT2D eigenvalue weighted by atomic mass is 10.2. The van der Waals surface area contributed by atoms with Crippen molar-refractivity contribution in [2.24, 2.45) is 0 Å². The summed E-state index contributed by atoms with van der Waals surface area (Å²) < 4.78 is 20.0. The number of nitrogens with zero attached hydrogens (tertiary/aromatic N) is 2. The molecule has 1 aliphatic heterocycles. The fourth-order valence-electron chi connectivity index (χ4n) is 2.58. The van der Waals surface area contributed by atoms with E-state index in [1.807, 2.05) is 0 Å². The Morgan fingerprint density at radius 3 is 2.73 bits per heavy atom. The van der Waals surface area contributed by atoms with Crippen LogP contribution in [0, 0.1) is 6.92 Å². The van der Waals surface area contributed by atoms with Crippen molar-refractivity contribution >= 4 is 0 Å². The first-order valence-corrected chi connectivity index (χ1v) is 7.32. The predicted molar refractivity (Wildman–Crippen MR) is 76.5 cm³/mol. The number of aromatic nitrogens is 2. The van der Waals surface area contributed by atoms with Gasteiger partial charge in [0.25, 0.3) is 5.56 Å². The van der Waals surface area contributed by atoms with E-state index in [-0.39, 0.29) is 26.0 Å². The number of hydrogen-bond acceptors (Lipinski definition) is 5. The molecule has 0 aliphatic carbocycles. The second-order valence-corrected chi connectivity index (χ2v) is 5.47. The molecular weight excluding hydrogens is 295 g/mol. The highest BCUT2D eigenvalue weighted by atomic mass is 19.1. The van der Waals surface area contributed by atoms with Crippen LogP contribution in [0.2, 0.25) is 0 Å². The highest BCUT2D eigenvalue weighted by Gasteiger charge is 2.35. The van der Waals surface area contributed by atoms with Gasteiger partial charge in [0.05, 0.1) is 19.4 Å². The van der Waals surface area contributed by atoms with Crippen LogP contribution in [0.4, 0.5) is 4.39 Å². The standard InChI is InChI=1S/C14H21FN2O5/c1-9-7-17(12-6-10(19)11(8-18)22-12)14(21)16(13(9)20)5-3-2-4-15/h7,10-12,18-19H,2-6,8H2,1H3. The van der Waals surface area contributed by atoms with Crippen LogP contribution < -0.4 is 11.2 Å². The molecule has 0 aromatic carbocycles. The average Bonchev–Trinajstić information content (AvgIpc) is 2.87. The second-order valence-electron chi connectivity index (χ2n) is 5.47. The van der Waals surface area contributed by atoms with Crippen molar-refractivity contribution < 1.29 is 19.3 Å². The van der Waals surface area contributed by atoms with Gasteiger partial charge in [-0.1, -0.05) is 0 Å². The Kier molecular flexibility index (Phi) is 5.49. The summed E-state index contributed by atoms with van der Waals surface area (Å²) in [5.41, 5.74) is -0.590. The third-order valence-corrected chi connectivity index (χ3v) is 3.83. The molecule has 7 nitrogen and oxygen atoms in total. The molecule has 2 heterocycles. The summed E-state index contributed by atoms with van der Waals surface area (Å²) in [7, 11) is 0. The van der Waals surface area contributed by atoms with Gasteiger partial charge in [0.2, 0.25) is 0 Å². The van der Waals surface area contributed by atoms with Crippen LogP contribution in [-0.4, -0.2) is 44.8 Å². The van der Waals surface area contributed by atoms with E-state index in [1.54, 1.807) is 6.92 Å². The Morgan fingerprint density at radius 1 is 1.41 bits per heavy atom. The molecule has 3 atom stereocenters. The normalized spacial score (nSPS) is 24.8. The lowest BCUT2D eigenvalue weighted by Crippen LogP contribution is -2.42. The van der Waals surface area contributed by atoms with E-state index >= 15 is 0 Å². The number of aryl methyl sites for hydroxylation is 1. The van der Waals surface area contributed by atoms with Crippen LogP contribution in [0.5, 0.6) is 0 Å². The zero-order chi connectivity index (χ0) is 16.3. The SMILES string of the molecule is Cc1cn(C2CC(O)C(CO)O2)c(=O)n(CCCCF)c1=O. The molecule has 8 heteroatoms. The summed E-state index contributed by atoms with van der Waals surface area (Å²) in [6, 6.07) is 0. The number of unbranched alkanes of at least 4 members (excludes halogenated alkanes) is 1. The molecule has 0 amide bonds. The van der Waals surface area contributed by atoms with Crippen LogP contribution in [0.15, 0.2) is 15.8 Å². The molecule has 2 rings (SSSR count). The summed E-state index contributed by atoms with van der Waals surface area (Å²) >= 11 is 0. The lowest BCUT2D eigenvalue weighted by molar-refractivity contribution is -0.0464. The first kappa shape index (κ1) is 16.9. The molecule has 1 aliphatic rings. The van der Waals surface area contributed by atoms with Crippen molar-refractivity contribution in [3.05, 3.63) is 32.6 Å². The Balaban J connectivity index is 2.33. The fourth-order valence-corrected chi connectivity index (χ4v) is 2.58. The number of aliphatic hydroxyl groups is 2. The summed E-state index contributed by atoms with van der Waals surface area (Å²) in [5.74, 6) is 0. The van der Waals surface area contributed by atoms with Gasteiger partial charge in [-0.15, -0.1) is 0 Å². The van der Waals surface area contributed by atoms with Crippen molar-refractivity contribution in [2.75, 3.05) is 13.3 Å². The molecular formula is C14H21FN2O5. The largest absolute Gasteiger partial charge is 0.394 e. The first-order valence-electron chi connectivity index (χ1n) is 7.32. The van der Waals surface area contributed by atoms with Crippen LogP contribution in [0.3, 0.4) is 0 Å². The molecule has 0 saturated carbocycles. The highest BCUT2D eigenvalue weighted by molar-refractivity contribution is 5.04. The summed E-state index contributed by atoms with van der Waals surface area (Å²) in [6.07, 6.45) is -0.113. The Bertz CT molecular complexity index is 627. The Hall–Kier alpha value is -1.51. The van der Waals surface area contributed by atoms with Gasteiger partial charge in [0, 0.05) is 24.7 Å². The van der Waals surface area contributed by atoms with Crippen LogP contribution in [0.25, 0.3) is 0 Å². The molecule has 1 fully saturated rings.